The van der Waals surface area contributed by atoms with E-state index >= 15 is 0 Å². The molecule has 0 aliphatic carbocycles. The average molecular weight is 381 g/mol. The van der Waals surface area contributed by atoms with Crippen molar-refractivity contribution >= 4 is 12.2 Å². The van der Waals surface area contributed by atoms with Crippen LogP contribution >= 0.6 is 0 Å². The van der Waals surface area contributed by atoms with Crippen molar-refractivity contribution in [1.82, 2.24) is 4.57 Å². The lowest BCUT2D eigenvalue weighted by molar-refractivity contribution is -0.141. The number of esters is 1. The lowest BCUT2D eigenvalue weighted by atomic mass is 10.0. The molecule has 4 nitrogen and oxygen atoms in total. The third-order valence-corrected chi connectivity index (χ3v) is 3.39. The number of rotatable bonds is 6. The highest BCUT2D eigenvalue weighted by molar-refractivity contribution is 5.85. The molecule has 0 unspecified atom stereocenters. The van der Waals surface area contributed by atoms with Gasteiger partial charge in [-0.05, 0) is 63.1 Å². The molecule has 0 bridgehead atoms. The second kappa shape index (κ2) is 8.33. The predicted molar refractivity (Wildman–Crippen MR) is 97.2 cm³/mol. The molecule has 1 aromatic carbocycles. The molecule has 0 aliphatic rings. The molecule has 7 heteroatoms. The lowest BCUT2D eigenvalue weighted by Gasteiger charge is -2.14. The van der Waals surface area contributed by atoms with E-state index in [4.69, 9.17) is 9.47 Å². The summed E-state index contributed by atoms with van der Waals surface area (Å²) in [4.78, 5) is 11.5. The first-order valence-corrected chi connectivity index (χ1v) is 8.50. The second-order valence-electron chi connectivity index (χ2n) is 6.56. The van der Waals surface area contributed by atoms with E-state index in [0.29, 0.717) is 11.1 Å². The number of hydrogen-bond acceptors (Lipinski definition) is 3. The van der Waals surface area contributed by atoms with Crippen LogP contribution in [0, 0.1) is 0 Å². The summed E-state index contributed by atoms with van der Waals surface area (Å²) in [6.07, 6.45) is 1.03. The number of aromatic nitrogens is 1. The van der Waals surface area contributed by atoms with Gasteiger partial charge >= 0.3 is 12.1 Å². The van der Waals surface area contributed by atoms with Crippen molar-refractivity contribution in [2.45, 2.75) is 46.1 Å². The molecule has 0 atom stereocenters. The quantitative estimate of drug-likeness (QED) is 0.498. The monoisotopic (exact) mass is 381 g/mol. The predicted octanol–water partition coefficient (Wildman–Crippen LogP) is 5.38. The van der Waals surface area contributed by atoms with Crippen LogP contribution in [0.2, 0.25) is 0 Å². The first-order chi connectivity index (χ1) is 12.5. The summed E-state index contributed by atoms with van der Waals surface area (Å²) in [5.74, 6) is -0.342. The van der Waals surface area contributed by atoms with Gasteiger partial charge in [-0.3, -0.25) is 0 Å². The van der Waals surface area contributed by atoms with E-state index in [1.807, 2.05) is 0 Å². The van der Waals surface area contributed by atoms with Crippen molar-refractivity contribution in [1.29, 1.82) is 0 Å². The third-order valence-electron chi connectivity index (χ3n) is 3.39. The second-order valence-corrected chi connectivity index (χ2v) is 6.56. The summed E-state index contributed by atoms with van der Waals surface area (Å²) < 4.78 is 51.6. The van der Waals surface area contributed by atoms with E-state index in [0.717, 1.165) is 12.1 Å². The Kier molecular flexibility index (Phi) is 6.36. The van der Waals surface area contributed by atoms with Crippen molar-refractivity contribution in [3.8, 4) is 16.9 Å². The molecule has 1 heterocycles. The van der Waals surface area contributed by atoms with Crippen LogP contribution in [0.3, 0.4) is 0 Å². The van der Waals surface area contributed by atoms with Crippen LogP contribution in [0.4, 0.5) is 13.2 Å². The Morgan fingerprint density at radius 2 is 1.78 bits per heavy atom. The number of hydrogen-bond donors (Lipinski definition) is 0. The van der Waals surface area contributed by atoms with Crippen LogP contribution in [0.15, 0.2) is 42.7 Å². The van der Waals surface area contributed by atoms with Gasteiger partial charge < -0.3 is 14.0 Å². The molecule has 27 heavy (non-hydrogen) atoms. The summed E-state index contributed by atoms with van der Waals surface area (Å²) >= 11 is 0. The minimum Gasteiger partial charge on any atom is -0.491 e. The largest absolute Gasteiger partial charge is 0.491 e. The highest BCUT2D eigenvalue weighted by Gasteiger charge is 2.31. The molecule has 0 amide bonds. The summed E-state index contributed by atoms with van der Waals surface area (Å²) in [5.41, 5.74) is 0.161. The molecule has 0 saturated heterocycles. The summed E-state index contributed by atoms with van der Waals surface area (Å²) in [6.45, 7) is 6.98. The molecular formula is C20H22F3NO3. The molecule has 146 valence electrons. The molecule has 0 saturated carbocycles. The fourth-order valence-electron chi connectivity index (χ4n) is 2.36. The number of alkyl halides is 3. The van der Waals surface area contributed by atoms with Crippen LogP contribution < -0.4 is 4.74 Å². The van der Waals surface area contributed by atoms with Gasteiger partial charge in [0, 0.05) is 24.7 Å². The summed E-state index contributed by atoms with van der Waals surface area (Å²) in [6, 6.07) is 5.28. The fraction of sp³-hybridized carbons (Fsp3) is 0.350. The maximum absolute atomic E-state index is 13.2. The van der Waals surface area contributed by atoms with Gasteiger partial charge in [0.15, 0.2) is 0 Å². The van der Waals surface area contributed by atoms with Crippen molar-refractivity contribution < 1.29 is 27.4 Å². The highest BCUT2D eigenvalue weighted by Crippen LogP contribution is 2.36. The summed E-state index contributed by atoms with van der Waals surface area (Å²) in [7, 11) is 0. The van der Waals surface area contributed by atoms with Crippen molar-refractivity contribution in [2.75, 3.05) is 0 Å². The van der Waals surface area contributed by atoms with E-state index in [1.54, 1.807) is 56.8 Å². The maximum atomic E-state index is 13.2. The number of carbonyl (C=O) groups excluding carboxylic acids is 1. The number of halogens is 3. The minimum absolute atomic E-state index is 0.152. The van der Waals surface area contributed by atoms with Gasteiger partial charge in [0.05, 0.1) is 17.8 Å². The van der Waals surface area contributed by atoms with Crippen molar-refractivity contribution in [3.63, 3.8) is 0 Å². The van der Waals surface area contributed by atoms with Crippen LogP contribution in [0.5, 0.6) is 5.75 Å². The zero-order valence-electron chi connectivity index (χ0n) is 15.6. The fourth-order valence-corrected chi connectivity index (χ4v) is 2.36. The molecule has 0 radical (unpaired) electrons. The molecule has 0 N–H and O–H groups in total. The molecular weight excluding hydrogens is 359 g/mol. The van der Waals surface area contributed by atoms with E-state index in [9.17, 15) is 18.0 Å². The molecule has 0 spiro atoms. The number of nitrogens with zero attached hydrogens (tertiary/aromatic N) is 1. The van der Waals surface area contributed by atoms with Gasteiger partial charge in [0.2, 0.25) is 0 Å². The van der Waals surface area contributed by atoms with Gasteiger partial charge in [-0.2, -0.15) is 13.2 Å². The van der Waals surface area contributed by atoms with Gasteiger partial charge in [-0.25, -0.2) is 4.79 Å². The van der Waals surface area contributed by atoms with Crippen LogP contribution in [-0.4, -0.2) is 22.7 Å². The van der Waals surface area contributed by atoms with Crippen molar-refractivity contribution in [3.05, 3.63) is 48.3 Å². The Labute approximate surface area is 156 Å². The van der Waals surface area contributed by atoms with E-state index in [2.05, 4.69) is 0 Å². The number of carbonyl (C=O) groups is 1. The van der Waals surface area contributed by atoms with Crippen LogP contribution in [-0.2, 0) is 15.7 Å². The lowest BCUT2D eigenvalue weighted by Crippen LogP contribution is -2.09. The van der Waals surface area contributed by atoms with Crippen LogP contribution in [0.1, 0.15) is 33.3 Å². The number of ether oxygens (including phenoxy) is 2. The Morgan fingerprint density at radius 1 is 1.07 bits per heavy atom. The Bertz CT molecular complexity index is 820. The Hall–Kier alpha value is -2.70. The van der Waals surface area contributed by atoms with Gasteiger partial charge in [0.25, 0.3) is 0 Å². The normalized spacial score (nSPS) is 12.2. The zero-order valence-corrected chi connectivity index (χ0v) is 15.6. The van der Waals surface area contributed by atoms with Crippen molar-refractivity contribution in [2.24, 2.45) is 0 Å². The first kappa shape index (κ1) is 20.6. The first-order valence-electron chi connectivity index (χ1n) is 8.50. The SMILES string of the molecule is CC(C)OC(=O)/C=C/n1ccc(-c2cc(OC(C)C)cc(C(F)(F)F)c2)c1. The zero-order chi connectivity index (χ0) is 20.2. The van der Waals surface area contributed by atoms with Gasteiger partial charge in [0.1, 0.15) is 5.75 Å². The van der Waals surface area contributed by atoms with E-state index in [-0.39, 0.29) is 18.0 Å². The molecule has 0 aliphatic heterocycles. The minimum atomic E-state index is -4.48. The standard InChI is InChI=1S/C20H22F3NO3/c1-13(2)26-18-10-16(9-17(11-18)20(21,22)23)15-5-7-24(12-15)8-6-19(25)27-14(3)4/h5-14H,1-4H3/b8-6+. The summed E-state index contributed by atoms with van der Waals surface area (Å²) in [5, 5.41) is 0. The van der Waals surface area contributed by atoms with E-state index in [1.165, 1.54) is 12.3 Å². The van der Waals surface area contributed by atoms with E-state index < -0.39 is 17.7 Å². The maximum Gasteiger partial charge on any atom is 0.416 e. The topological polar surface area (TPSA) is 40.5 Å². The smallest absolute Gasteiger partial charge is 0.416 e. The number of benzene rings is 1. The van der Waals surface area contributed by atoms with Gasteiger partial charge in [-0.1, -0.05) is 0 Å². The third kappa shape index (κ3) is 6.20. The average Bonchev–Trinajstić information content (AvgIpc) is 2.99. The van der Waals surface area contributed by atoms with Crippen LogP contribution in [0.25, 0.3) is 17.3 Å². The Balaban J connectivity index is 2.31. The highest BCUT2D eigenvalue weighted by atomic mass is 19.4. The molecule has 1 aromatic heterocycles. The molecule has 2 aromatic rings. The van der Waals surface area contributed by atoms with Gasteiger partial charge in [-0.15, -0.1) is 0 Å². The Morgan fingerprint density at radius 3 is 2.37 bits per heavy atom. The molecule has 2 rings (SSSR count). The molecule has 0 fully saturated rings.